The number of aromatic nitrogens is 1. The fourth-order valence-electron chi connectivity index (χ4n) is 6.13. The van der Waals surface area contributed by atoms with Crippen LogP contribution >= 0.6 is 23.2 Å². The molecular weight excluding hydrogens is 551 g/mol. The van der Waals surface area contributed by atoms with Crippen LogP contribution in [-0.2, 0) is 27.2 Å². The van der Waals surface area contributed by atoms with Crippen LogP contribution < -0.4 is 0 Å². The van der Waals surface area contributed by atoms with Crippen molar-refractivity contribution in [2.75, 3.05) is 26.9 Å². The molecule has 0 amide bonds. The number of aryl methyl sites for hydroxylation is 1. The first kappa shape index (κ1) is 27.7. The van der Waals surface area contributed by atoms with Gasteiger partial charge in [-0.25, -0.2) is 4.79 Å². The van der Waals surface area contributed by atoms with Gasteiger partial charge < -0.3 is 18.7 Å². The maximum absolute atomic E-state index is 12.0. The van der Waals surface area contributed by atoms with E-state index in [4.69, 9.17) is 41.9 Å². The van der Waals surface area contributed by atoms with Gasteiger partial charge in [0.05, 0.1) is 48.6 Å². The Balaban J connectivity index is 1.14. The highest BCUT2D eigenvalue weighted by Crippen LogP contribution is 2.46. The minimum atomic E-state index is -0.304. The molecule has 3 fully saturated rings. The van der Waals surface area contributed by atoms with Crippen molar-refractivity contribution in [3.05, 3.63) is 74.5 Å². The summed E-state index contributed by atoms with van der Waals surface area (Å²) in [5.41, 5.74) is 5.29. The van der Waals surface area contributed by atoms with E-state index < -0.39 is 0 Å². The van der Waals surface area contributed by atoms with E-state index >= 15 is 0 Å². The number of esters is 1. The molecule has 40 heavy (non-hydrogen) atoms. The fourth-order valence-corrected chi connectivity index (χ4v) is 6.70. The number of hydrogen-bond acceptors (Lipinski definition) is 7. The number of methoxy groups -OCH3 is 1. The van der Waals surface area contributed by atoms with Gasteiger partial charge >= 0.3 is 5.97 Å². The lowest BCUT2D eigenvalue weighted by Crippen LogP contribution is -2.58. The van der Waals surface area contributed by atoms with Gasteiger partial charge in [0.2, 0.25) is 0 Å². The van der Waals surface area contributed by atoms with E-state index in [-0.39, 0.29) is 24.2 Å². The Bertz CT molecular complexity index is 1350. The summed E-state index contributed by atoms with van der Waals surface area (Å²) in [7, 11) is 1.41. The number of ether oxygens (including phenoxy) is 3. The minimum Gasteiger partial charge on any atom is -0.465 e. The van der Waals surface area contributed by atoms with Crippen molar-refractivity contribution in [1.29, 1.82) is 0 Å². The summed E-state index contributed by atoms with van der Waals surface area (Å²) in [6.45, 7) is 4.79. The number of hydrogen-bond donors (Lipinski definition) is 0. The second-order valence-electron chi connectivity index (χ2n) is 11.1. The zero-order chi connectivity index (χ0) is 27.8. The SMILES string of the molecule is COC(=O)c1ccc(C)c(CCN2C3COCC2CC(OCc2c(-c4c(Cl)cccc4Cl)noc2C2CC2)C3)c1. The molecule has 2 aromatic carbocycles. The van der Waals surface area contributed by atoms with Crippen molar-refractivity contribution in [1.82, 2.24) is 10.1 Å². The topological polar surface area (TPSA) is 74.0 Å². The first-order valence-electron chi connectivity index (χ1n) is 14.0. The lowest BCUT2D eigenvalue weighted by Gasteiger charge is -2.48. The van der Waals surface area contributed by atoms with E-state index in [1.165, 1.54) is 18.2 Å². The van der Waals surface area contributed by atoms with Gasteiger partial charge in [-0.1, -0.05) is 40.5 Å². The first-order valence-corrected chi connectivity index (χ1v) is 14.7. The molecular formula is C31H34Cl2N2O5. The van der Waals surface area contributed by atoms with Gasteiger partial charge in [-0.3, -0.25) is 4.90 Å². The van der Waals surface area contributed by atoms with Gasteiger partial charge in [0.25, 0.3) is 0 Å². The number of piperidine rings is 1. The molecule has 0 spiro atoms. The number of carbonyl (C=O) groups excluding carboxylic acids is 1. The molecule has 3 heterocycles. The Morgan fingerprint density at radius 3 is 2.50 bits per heavy atom. The van der Waals surface area contributed by atoms with Crippen LogP contribution in [0.2, 0.25) is 10.0 Å². The molecule has 1 aromatic heterocycles. The maximum Gasteiger partial charge on any atom is 0.337 e. The number of halogens is 2. The zero-order valence-corrected chi connectivity index (χ0v) is 24.3. The standard InChI is InChI=1S/C31H34Cl2N2O5/c1-18-6-7-21(31(36)37-2)12-20(18)10-11-35-22-13-24(14-23(35)16-38-15-22)39-17-25-29(34-40-30(25)19-8-9-19)28-26(32)4-3-5-27(28)33/h3-7,12,19,22-24H,8-11,13-17H2,1-2H3. The molecule has 7 nitrogen and oxygen atoms in total. The molecule has 2 aliphatic heterocycles. The molecule has 3 aromatic rings. The molecule has 1 saturated carbocycles. The average molecular weight is 586 g/mol. The van der Waals surface area contributed by atoms with E-state index in [1.807, 2.05) is 36.4 Å². The summed E-state index contributed by atoms with van der Waals surface area (Å²) in [5, 5.41) is 5.51. The second-order valence-corrected chi connectivity index (χ2v) is 11.9. The summed E-state index contributed by atoms with van der Waals surface area (Å²) in [6, 6.07) is 11.8. The maximum atomic E-state index is 12.0. The van der Waals surface area contributed by atoms with Gasteiger partial charge in [0.1, 0.15) is 11.5 Å². The summed E-state index contributed by atoms with van der Waals surface area (Å²) >= 11 is 13.1. The predicted octanol–water partition coefficient (Wildman–Crippen LogP) is 6.61. The van der Waals surface area contributed by atoms with E-state index in [2.05, 4.69) is 17.0 Å². The minimum absolute atomic E-state index is 0.107. The van der Waals surface area contributed by atoms with E-state index in [9.17, 15) is 4.79 Å². The molecule has 2 saturated heterocycles. The number of fused-ring (bicyclic) bond motifs is 2. The Morgan fingerprint density at radius 2 is 1.82 bits per heavy atom. The molecule has 2 atom stereocenters. The number of carbonyl (C=O) groups is 1. The lowest BCUT2D eigenvalue weighted by atomic mass is 9.90. The van der Waals surface area contributed by atoms with E-state index in [0.29, 0.717) is 52.6 Å². The van der Waals surface area contributed by atoms with Gasteiger partial charge in [0, 0.05) is 35.7 Å². The quantitative estimate of drug-likeness (QED) is 0.262. The van der Waals surface area contributed by atoms with Gasteiger partial charge in [-0.2, -0.15) is 0 Å². The van der Waals surface area contributed by atoms with Crippen molar-refractivity contribution in [2.24, 2.45) is 0 Å². The molecule has 3 aliphatic rings. The molecule has 1 aliphatic carbocycles. The average Bonchev–Trinajstić information content (AvgIpc) is 3.70. The molecule has 9 heteroatoms. The summed E-state index contributed by atoms with van der Waals surface area (Å²) in [6.07, 6.45) is 4.95. The molecule has 212 valence electrons. The van der Waals surface area contributed by atoms with Gasteiger partial charge in [-0.15, -0.1) is 0 Å². The van der Waals surface area contributed by atoms with Crippen LogP contribution in [0.1, 0.15) is 64.4 Å². The molecule has 2 unspecified atom stereocenters. The summed E-state index contributed by atoms with van der Waals surface area (Å²) in [4.78, 5) is 14.6. The third kappa shape index (κ3) is 5.68. The van der Waals surface area contributed by atoms with Crippen LogP contribution in [0.4, 0.5) is 0 Å². The van der Waals surface area contributed by atoms with Crippen molar-refractivity contribution in [3.63, 3.8) is 0 Å². The zero-order valence-electron chi connectivity index (χ0n) is 22.8. The van der Waals surface area contributed by atoms with Crippen LogP contribution in [0, 0.1) is 6.92 Å². The fraction of sp³-hybridized carbons (Fsp3) is 0.484. The van der Waals surface area contributed by atoms with Crippen molar-refractivity contribution in [3.8, 4) is 11.3 Å². The summed E-state index contributed by atoms with van der Waals surface area (Å²) in [5.74, 6) is 0.982. The van der Waals surface area contributed by atoms with Crippen LogP contribution in [0.25, 0.3) is 11.3 Å². The smallest absolute Gasteiger partial charge is 0.337 e. The molecule has 0 radical (unpaired) electrons. The molecule has 0 N–H and O–H groups in total. The third-order valence-electron chi connectivity index (χ3n) is 8.47. The highest BCUT2D eigenvalue weighted by atomic mass is 35.5. The second kappa shape index (κ2) is 11.8. The van der Waals surface area contributed by atoms with Crippen molar-refractivity contribution in [2.45, 2.75) is 69.7 Å². The normalized spacial score (nSPS) is 22.9. The monoisotopic (exact) mass is 584 g/mol. The van der Waals surface area contributed by atoms with Crippen LogP contribution in [-0.4, -0.2) is 61.1 Å². The highest BCUT2D eigenvalue weighted by molar-refractivity contribution is 6.39. The predicted molar refractivity (Wildman–Crippen MR) is 153 cm³/mol. The summed E-state index contributed by atoms with van der Waals surface area (Å²) < 4.78 is 23.3. The van der Waals surface area contributed by atoms with E-state index in [1.54, 1.807) is 0 Å². The van der Waals surface area contributed by atoms with Crippen LogP contribution in [0.5, 0.6) is 0 Å². The highest BCUT2D eigenvalue weighted by Gasteiger charge is 2.40. The van der Waals surface area contributed by atoms with Crippen LogP contribution in [0.3, 0.4) is 0 Å². The number of morpholine rings is 1. The van der Waals surface area contributed by atoms with Gasteiger partial charge in [0.15, 0.2) is 0 Å². The van der Waals surface area contributed by atoms with Crippen molar-refractivity contribution < 1.29 is 23.5 Å². The lowest BCUT2D eigenvalue weighted by molar-refractivity contribution is -0.121. The number of rotatable bonds is 9. The molecule has 6 rings (SSSR count). The Kier molecular flexibility index (Phi) is 8.20. The number of benzene rings is 2. The Morgan fingerprint density at radius 1 is 1.10 bits per heavy atom. The van der Waals surface area contributed by atoms with Crippen LogP contribution in [0.15, 0.2) is 40.9 Å². The van der Waals surface area contributed by atoms with Crippen molar-refractivity contribution >= 4 is 29.2 Å². The molecule has 2 bridgehead atoms. The van der Waals surface area contributed by atoms with Gasteiger partial charge in [-0.05, 0) is 74.4 Å². The Hall–Kier alpha value is -2.42. The Labute approximate surface area is 244 Å². The first-order chi connectivity index (χ1) is 19.4. The number of nitrogens with zero attached hydrogens (tertiary/aromatic N) is 2. The van der Waals surface area contributed by atoms with E-state index in [0.717, 1.165) is 50.0 Å². The largest absolute Gasteiger partial charge is 0.465 e. The third-order valence-corrected chi connectivity index (χ3v) is 9.10.